The van der Waals surface area contributed by atoms with E-state index in [4.69, 9.17) is 0 Å². The van der Waals surface area contributed by atoms with Crippen molar-refractivity contribution in [2.24, 2.45) is 0 Å². The highest BCUT2D eigenvalue weighted by atomic mass is 32.1. The summed E-state index contributed by atoms with van der Waals surface area (Å²) in [7, 11) is 0. The van der Waals surface area contributed by atoms with Crippen molar-refractivity contribution in [3.05, 3.63) is 211 Å². The number of fused-ring (bicyclic) bond motifs is 10. The van der Waals surface area contributed by atoms with E-state index in [1.807, 2.05) is 11.3 Å². The maximum Gasteiger partial charge on any atom is 0.0619 e. The predicted octanol–water partition coefficient (Wildman–Crippen LogP) is 18.5. The van der Waals surface area contributed by atoms with Gasteiger partial charge >= 0.3 is 0 Å². The van der Waals surface area contributed by atoms with Crippen molar-refractivity contribution in [1.29, 1.82) is 0 Å². The fourth-order valence-electron chi connectivity index (χ4n) is 11.3. The van der Waals surface area contributed by atoms with E-state index in [0.717, 1.165) is 0 Å². The molecule has 0 bridgehead atoms. The maximum atomic E-state index is 2.58. The summed E-state index contributed by atoms with van der Waals surface area (Å²) in [5.41, 5.74) is 16.7. The molecule has 2 heteroatoms. The topological polar surface area (TPSA) is 4.93 Å². The minimum absolute atomic E-state index is 0.0858. The first kappa shape index (κ1) is 39.1. The van der Waals surface area contributed by atoms with Crippen molar-refractivity contribution in [2.45, 2.75) is 51.4 Å². The first-order chi connectivity index (χ1) is 32.2. The van der Waals surface area contributed by atoms with Crippen LogP contribution in [0.5, 0.6) is 0 Å². The molecule has 0 spiro atoms. The number of hydrogen-bond acceptors (Lipinski definition) is 1. The largest absolute Gasteiger partial charge is 0.309 e. The molecule has 0 radical (unpaired) electrons. The Morgan fingerprint density at radius 1 is 0.379 bits per heavy atom. The quantitative estimate of drug-likeness (QED) is 0.162. The van der Waals surface area contributed by atoms with Crippen LogP contribution in [-0.4, -0.2) is 4.57 Å². The molecule has 316 valence electrons. The molecule has 0 amide bonds. The summed E-state index contributed by atoms with van der Waals surface area (Å²) in [5.74, 6) is 0. The fraction of sp³-hybridized carbons (Fsp3) is 0.125. The predicted molar refractivity (Wildman–Crippen MR) is 286 cm³/mol. The fourth-order valence-corrected chi connectivity index (χ4v) is 12.6. The normalized spacial score (nSPS) is 14.5. The molecule has 13 rings (SSSR count). The van der Waals surface area contributed by atoms with Crippen LogP contribution in [0.2, 0.25) is 0 Å². The van der Waals surface area contributed by atoms with Crippen LogP contribution in [0.3, 0.4) is 0 Å². The van der Waals surface area contributed by atoms with E-state index >= 15 is 0 Å². The average molecular weight is 864 g/mol. The van der Waals surface area contributed by atoms with Gasteiger partial charge in [-0.25, -0.2) is 0 Å². The van der Waals surface area contributed by atoms with Gasteiger partial charge in [0.1, 0.15) is 0 Å². The number of hydrogen-bond donors (Lipinski definition) is 0. The first-order valence-electron chi connectivity index (χ1n) is 23.4. The lowest BCUT2D eigenvalue weighted by Crippen LogP contribution is -2.33. The Balaban J connectivity index is 1.07. The van der Waals surface area contributed by atoms with Crippen LogP contribution in [0.4, 0.5) is 0 Å². The Labute approximate surface area is 390 Å². The van der Waals surface area contributed by atoms with Gasteiger partial charge in [-0.05, 0) is 150 Å². The van der Waals surface area contributed by atoms with E-state index in [0.29, 0.717) is 0 Å². The molecule has 1 nitrogen and oxygen atoms in total. The molecule has 0 unspecified atom stereocenters. The monoisotopic (exact) mass is 863 g/mol. The molecule has 1 aliphatic carbocycles. The van der Waals surface area contributed by atoms with Crippen molar-refractivity contribution < 1.29 is 0 Å². The highest BCUT2D eigenvalue weighted by Crippen LogP contribution is 2.50. The van der Waals surface area contributed by atoms with Crippen LogP contribution in [0.25, 0.3) is 114 Å². The lowest BCUT2D eigenvalue weighted by atomic mass is 9.63. The summed E-state index contributed by atoms with van der Waals surface area (Å²) in [5, 5.41) is 10.3. The Bertz CT molecular complexity index is 3930. The highest BCUT2D eigenvalue weighted by Gasteiger charge is 2.38. The van der Waals surface area contributed by atoms with Crippen LogP contribution in [0, 0.1) is 0 Å². The van der Waals surface area contributed by atoms with Crippen LogP contribution >= 0.6 is 11.3 Å². The zero-order valence-electron chi connectivity index (χ0n) is 37.8. The zero-order chi connectivity index (χ0) is 44.3. The first-order valence-corrected chi connectivity index (χ1v) is 24.3. The van der Waals surface area contributed by atoms with Crippen LogP contribution in [0.15, 0.2) is 200 Å². The lowest BCUT2D eigenvalue weighted by molar-refractivity contribution is 0.332. The Kier molecular flexibility index (Phi) is 8.67. The van der Waals surface area contributed by atoms with Crippen molar-refractivity contribution in [3.63, 3.8) is 0 Å². The summed E-state index contributed by atoms with van der Waals surface area (Å²) >= 11 is 1.90. The molecule has 0 saturated heterocycles. The third-order valence-electron chi connectivity index (χ3n) is 15.0. The van der Waals surface area contributed by atoms with E-state index in [-0.39, 0.29) is 10.8 Å². The van der Waals surface area contributed by atoms with Gasteiger partial charge in [-0.1, -0.05) is 173 Å². The van der Waals surface area contributed by atoms with E-state index in [2.05, 4.69) is 232 Å². The molecular formula is C64H49NS. The number of thiophene rings is 1. The van der Waals surface area contributed by atoms with Gasteiger partial charge in [-0.15, -0.1) is 11.3 Å². The number of nitrogens with zero attached hydrogens (tertiary/aromatic N) is 1. The Morgan fingerprint density at radius 3 is 1.79 bits per heavy atom. The molecule has 10 aromatic carbocycles. The second-order valence-corrected chi connectivity index (χ2v) is 21.0. The number of rotatable bonds is 5. The minimum atomic E-state index is 0.0858. The Morgan fingerprint density at radius 2 is 0.955 bits per heavy atom. The van der Waals surface area contributed by atoms with Gasteiger partial charge < -0.3 is 4.57 Å². The molecule has 1 aliphatic rings. The van der Waals surface area contributed by atoms with Crippen LogP contribution < -0.4 is 0 Å². The molecule has 2 heterocycles. The molecule has 0 atom stereocenters. The van der Waals surface area contributed by atoms with Gasteiger partial charge in [0.15, 0.2) is 0 Å². The second kappa shape index (κ2) is 14.6. The highest BCUT2D eigenvalue weighted by molar-refractivity contribution is 7.26. The summed E-state index contributed by atoms with van der Waals surface area (Å²) in [6, 6.07) is 75.4. The molecular weight excluding hydrogens is 815 g/mol. The summed E-state index contributed by atoms with van der Waals surface area (Å²) < 4.78 is 5.23. The molecule has 12 aromatic rings. The summed E-state index contributed by atoms with van der Waals surface area (Å²) in [4.78, 5) is 0. The van der Waals surface area contributed by atoms with Gasteiger partial charge in [0.2, 0.25) is 0 Å². The standard InChI is InChI=1S/C64H49NS/c1-63(2)31-32-64(3,4)58-39-59-56(38-57(58)63)53-30-28-41-17-8-9-21-50(41)61(53)65(59)48-29-27-42-18-13-23-49(55(42)37-48)46-34-45(44-20-12-19-43(33-44)40-15-6-5-7-16-40)35-47(36-46)51-24-14-25-54-52-22-10-11-26-60(52)66-62(51)54/h5-30,33-39H,31-32H2,1-4H3. The third kappa shape index (κ3) is 6.12. The van der Waals surface area contributed by atoms with E-state index in [1.54, 1.807) is 0 Å². The Hall–Kier alpha value is -7.26. The molecule has 0 fully saturated rings. The van der Waals surface area contributed by atoms with Gasteiger partial charge in [0.05, 0.1) is 11.0 Å². The number of benzene rings is 10. The summed E-state index contributed by atoms with van der Waals surface area (Å²) in [6.45, 7) is 9.77. The van der Waals surface area contributed by atoms with Crippen LogP contribution in [0.1, 0.15) is 51.7 Å². The van der Waals surface area contributed by atoms with E-state index < -0.39 is 0 Å². The molecule has 66 heavy (non-hydrogen) atoms. The van der Waals surface area contributed by atoms with E-state index in [9.17, 15) is 0 Å². The maximum absolute atomic E-state index is 2.58. The molecule has 2 aromatic heterocycles. The van der Waals surface area contributed by atoms with Gasteiger partial charge in [0, 0.05) is 42.0 Å². The summed E-state index contributed by atoms with van der Waals surface area (Å²) in [6.07, 6.45) is 2.37. The van der Waals surface area contributed by atoms with Crippen molar-refractivity contribution in [3.8, 4) is 50.2 Å². The van der Waals surface area contributed by atoms with Crippen LogP contribution in [-0.2, 0) is 10.8 Å². The van der Waals surface area contributed by atoms with Gasteiger partial charge in [0.25, 0.3) is 0 Å². The van der Waals surface area contributed by atoms with Crippen molar-refractivity contribution in [2.75, 3.05) is 0 Å². The minimum Gasteiger partial charge on any atom is -0.309 e. The lowest BCUT2D eigenvalue weighted by Gasteiger charge is -2.42. The smallest absolute Gasteiger partial charge is 0.0619 e. The SMILES string of the molecule is CC1(C)CCC(C)(C)c2cc3c(cc21)c1ccc2ccccc2c1n3-c1ccc2cccc(-c3cc(-c4cccc(-c5ccccc5)c4)cc(-c4cccc5c4sc4ccccc45)c3)c2c1. The molecule has 0 saturated carbocycles. The average Bonchev–Trinajstić information content (AvgIpc) is 3.91. The van der Waals surface area contributed by atoms with Crippen molar-refractivity contribution >= 4 is 74.9 Å². The third-order valence-corrected chi connectivity index (χ3v) is 16.2. The number of aromatic nitrogens is 1. The van der Waals surface area contributed by atoms with Crippen molar-refractivity contribution in [1.82, 2.24) is 4.57 Å². The second-order valence-electron chi connectivity index (χ2n) is 19.9. The molecule has 0 aliphatic heterocycles. The van der Waals surface area contributed by atoms with E-state index in [1.165, 1.54) is 138 Å². The van der Waals surface area contributed by atoms with Gasteiger partial charge in [-0.3, -0.25) is 0 Å². The molecule has 0 N–H and O–H groups in total. The van der Waals surface area contributed by atoms with Gasteiger partial charge in [-0.2, -0.15) is 0 Å². The zero-order valence-corrected chi connectivity index (χ0v) is 38.6.